The minimum absolute atomic E-state index is 0.247. The molecule has 106 valence electrons. The molecular formula is C15H10ClIN2O2. The van der Waals surface area contributed by atoms with Gasteiger partial charge in [-0.1, -0.05) is 6.07 Å². The highest BCUT2D eigenvalue weighted by Crippen LogP contribution is 2.32. The minimum Gasteiger partial charge on any atom is -0.497 e. The predicted octanol–water partition coefficient (Wildman–Crippen LogP) is 4.69. The second-order valence-corrected chi connectivity index (χ2v) is 5.17. The largest absolute Gasteiger partial charge is 0.497 e. The van der Waals surface area contributed by atoms with E-state index in [1.54, 1.807) is 13.3 Å². The van der Waals surface area contributed by atoms with Crippen LogP contribution in [0.25, 0.3) is 22.0 Å². The van der Waals surface area contributed by atoms with Crippen molar-refractivity contribution in [3.63, 3.8) is 0 Å². The molecule has 0 bridgehead atoms. The van der Waals surface area contributed by atoms with Crippen LogP contribution in [0.2, 0.25) is 5.28 Å². The third-order valence-corrected chi connectivity index (χ3v) is 3.78. The molecule has 0 saturated carbocycles. The number of halogens is 2. The summed E-state index contributed by atoms with van der Waals surface area (Å²) >= 11 is 7.65. The maximum absolute atomic E-state index is 5.80. The maximum Gasteiger partial charge on any atom is 0.222 e. The van der Waals surface area contributed by atoms with E-state index < -0.39 is 0 Å². The zero-order chi connectivity index (χ0) is 14.8. The van der Waals surface area contributed by atoms with Crippen LogP contribution in [0.1, 0.15) is 0 Å². The van der Waals surface area contributed by atoms with Gasteiger partial charge >= 0.3 is 0 Å². The summed E-state index contributed by atoms with van der Waals surface area (Å²) in [7, 11) is 1.63. The number of fused-ring (bicyclic) bond motifs is 1. The fourth-order valence-corrected chi connectivity index (χ4v) is 2.49. The summed E-state index contributed by atoms with van der Waals surface area (Å²) in [5.74, 6) is 1.48. The van der Waals surface area contributed by atoms with Crippen LogP contribution in [0.5, 0.6) is 11.5 Å². The molecule has 3 aromatic rings. The maximum atomic E-state index is 5.80. The van der Waals surface area contributed by atoms with Crippen molar-refractivity contribution in [1.29, 1.82) is 0 Å². The van der Waals surface area contributed by atoms with E-state index in [-0.39, 0.29) is 5.28 Å². The Labute approximate surface area is 140 Å². The number of aromatic nitrogens is 2. The highest BCUT2D eigenvalue weighted by Gasteiger charge is 2.06. The second-order valence-electron chi connectivity index (χ2n) is 4.39. The normalized spacial score (nSPS) is 10.6. The summed E-state index contributed by atoms with van der Waals surface area (Å²) < 4.78 is 10.6. The van der Waals surface area contributed by atoms with Crippen LogP contribution in [-0.4, -0.2) is 17.1 Å². The molecule has 0 fully saturated rings. The number of hydrogen-bond acceptors (Lipinski definition) is 4. The molecular weight excluding hydrogens is 403 g/mol. The first-order valence-electron chi connectivity index (χ1n) is 6.10. The van der Waals surface area contributed by atoms with Crippen molar-refractivity contribution in [1.82, 2.24) is 9.97 Å². The van der Waals surface area contributed by atoms with Crippen LogP contribution < -0.4 is 7.80 Å². The average molecular weight is 413 g/mol. The molecule has 1 heterocycles. The summed E-state index contributed by atoms with van der Waals surface area (Å²) in [4.78, 5) is 8.19. The van der Waals surface area contributed by atoms with Crippen LogP contribution in [0.4, 0.5) is 0 Å². The van der Waals surface area contributed by atoms with Gasteiger partial charge in [0.05, 0.1) is 12.6 Å². The van der Waals surface area contributed by atoms with Crippen molar-refractivity contribution in [2.24, 2.45) is 0 Å². The van der Waals surface area contributed by atoms with Gasteiger partial charge in [-0.15, -0.1) is 0 Å². The van der Waals surface area contributed by atoms with Gasteiger partial charge in [-0.25, -0.2) is 9.97 Å². The zero-order valence-electron chi connectivity index (χ0n) is 11.0. The second kappa shape index (κ2) is 6.03. The van der Waals surface area contributed by atoms with Crippen molar-refractivity contribution < 1.29 is 7.80 Å². The highest BCUT2D eigenvalue weighted by molar-refractivity contribution is 14.1. The summed E-state index contributed by atoms with van der Waals surface area (Å²) in [6, 6.07) is 11.7. The summed E-state index contributed by atoms with van der Waals surface area (Å²) in [6.45, 7) is 0. The standard InChI is InChI=1S/C15H10ClIN2O2/c1-20-12-5-10(6-13(7-12)21-17)9-2-3-14-11(4-9)8-18-15(16)19-14/h2-8H,1H3. The average Bonchev–Trinajstić information content (AvgIpc) is 2.53. The first-order valence-corrected chi connectivity index (χ1v) is 7.36. The smallest absolute Gasteiger partial charge is 0.222 e. The van der Waals surface area contributed by atoms with E-state index in [9.17, 15) is 0 Å². The molecule has 0 unspecified atom stereocenters. The van der Waals surface area contributed by atoms with E-state index in [0.717, 1.165) is 33.5 Å². The lowest BCUT2D eigenvalue weighted by atomic mass is 10.0. The summed E-state index contributed by atoms with van der Waals surface area (Å²) in [6.07, 6.45) is 1.71. The van der Waals surface area contributed by atoms with Crippen molar-refractivity contribution >= 4 is 45.5 Å². The Balaban J connectivity index is 2.13. The first-order chi connectivity index (χ1) is 10.2. The molecule has 0 aliphatic heterocycles. The first kappa shape index (κ1) is 14.3. The molecule has 6 heteroatoms. The number of hydrogen-bond donors (Lipinski definition) is 0. The van der Waals surface area contributed by atoms with Gasteiger partial charge in [-0.05, 0) is 47.0 Å². The van der Waals surface area contributed by atoms with Gasteiger partial charge in [-0.3, -0.25) is 0 Å². The van der Waals surface area contributed by atoms with Crippen LogP contribution in [0.15, 0.2) is 42.6 Å². The van der Waals surface area contributed by atoms with Crippen LogP contribution >= 0.6 is 34.6 Å². The molecule has 0 radical (unpaired) electrons. The van der Waals surface area contributed by atoms with Crippen molar-refractivity contribution in [3.05, 3.63) is 47.9 Å². The number of rotatable bonds is 3. The van der Waals surface area contributed by atoms with E-state index in [1.807, 2.05) is 59.4 Å². The summed E-state index contributed by atoms with van der Waals surface area (Å²) in [5, 5.41) is 1.17. The molecule has 21 heavy (non-hydrogen) atoms. The topological polar surface area (TPSA) is 44.2 Å². The van der Waals surface area contributed by atoms with Gasteiger partial charge < -0.3 is 7.80 Å². The zero-order valence-corrected chi connectivity index (χ0v) is 13.9. The molecule has 4 nitrogen and oxygen atoms in total. The van der Waals surface area contributed by atoms with Crippen molar-refractivity contribution in [2.75, 3.05) is 7.11 Å². The van der Waals surface area contributed by atoms with Crippen molar-refractivity contribution in [2.45, 2.75) is 0 Å². The lowest BCUT2D eigenvalue weighted by Crippen LogP contribution is -1.88. The minimum atomic E-state index is 0.247. The molecule has 0 saturated heterocycles. The monoisotopic (exact) mass is 412 g/mol. The van der Waals surface area contributed by atoms with Crippen LogP contribution in [0.3, 0.4) is 0 Å². The van der Waals surface area contributed by atoms with Gasteiger partial charge in [0, 0.05) is 17.6 Å². The Morgan fingerprint density at radius 1 is 1.05 bits per heavy atom. The lowest BCUT2D eigenvalue weighted by Gasteiger charge is -2.08. The van der Waals surface area contributed by atoms with Crippen molar-refractivity contribution in [3.8, 4) is 22.6 Å². The number of methoxy groups -OCH3 is 1. The van der Waals surface area contributed by atoms with Gasteiger partial charge in [-0.2, -0.15) is 0 Å². The Kier molecular flexibility index (Phi) is 4.12. The number of ether oxygens (including phenoxy) is 1. The van der Waals surface area contributed by atoms with Crippen LogP contribution in [0, 0.1) is 0 Å². The SMILES string of the molecule is COc1cc(OI)cc(-c2ccc3nc(Cl)ncc3c2)c1. The third kappa shape index (κ3) is 3.03. The third-order valence-electron chi connectivity index (χ3n) is 3.09. The highest BCUT2D eigenvalue weighted by atomic mass is 127. The molecule has 1 aromatic heterocycles. The fourth-order valence-electron chi connectivity index (χ4n) is 2.09. The Morgan fingerprint density at radius 3 is 2.62 bits per heavy atom. The Morgan fingerprint density at radius 2 is 1.86 bits per heavy atom. The fraction of sp³-hybridized carbons (Fsp3) is 0.0667. The predicted molar refractivity (Wildman–Crippen MR) is 91.2 cm³/mol. The molecule has 3 rings (SSSR count). The Bertz CT molecular complexity index is 789. The lowest BCUT2D eigenvalue weighted by molar-refractivity contribution is 0.413. The number of benzene rings is 2. The Hall–Kier alpha value is -1.60. The molecule has 0 aliphatic carbocycles. The molecule has 0 aliphatic rings. The van der Waals surface area contributed by atoms with Gasteiger partial charge in [0.15, 0.2) is 23.0 Å². The molecule has 2 aromatic carbocycles. The van der Waals surface area contributed by atoms with E-state index in [1.165, 1.54) is 0 Å². The molecule has 0 spiro atoms. The quantitative estimate of drug-likeness (QED) is 0.462. The van der Waals surface area contributed by atoms with Gasteiger partial charge in [0.2, 0.25) is 5.28 Å². The van der Waals surface area contributed by atoms with E-state index in [4.69, 9.17) is 19.4 Å². The molecule has 0 amide bonds. The van der Waals surface area contributed by atoms with Gasteiger partial charge in [0.25, 0.3) is 0 Å². The summed E-state index contributed by atoms with van der Waals surface area (Å²) in [5.41, 5.74) is 2.84. The molecule has 0 N–H and O–H groups in total. The number of nitrogens with zero attached hydrogens (tertiary/aromatic N) is 2. The van der Waals surface area contributed by atoms with E-state index in [2.05, 4.69) is 9.97 Å². The van der Waals surface area contributed by atoms with Crippen LogP contribution in [-0.2, 0) is 0 Å². The van der Waals surface area contributed by atoms with E-state index in [0.29, 0.717) is 0 Å². The van der Waals surface area contributed by atoms with E-state index >= 15 is 0 Å². The molecule has 0 atom stereocenters. The van der Waals surface area contributed by atoms with Gasteiger partial charge in [0.1, 0.15) is 11.5 Å².